The second kappa shape index (κ2) is 3.33. The van der Waals surface area contributed by atoms with Crippen LogP contribution in [0.5, 0.6) is 0 Å². The lowest BCUT2D eigenvalue weighted by atomic mass is 10.1. The molecule has 0 saturated carbocycles. The van der Waals surface area contributed by atoms with E-state index in [4.69, 9.17) is 11.5 Å². The molecule has 0 saturated heterocycles. The van der Waals surface area contributed by atoms with Crippen LogP contribution in [0, 0.1) is 24.0 Å². The molecular formula is C9H6F2O. The zero-order valence-corrected chi connectivity index (χ0v) is 6.09. The molecule has 1 aromatic rings. The summed E-state index contributed by atoms with van der Waals surface area (Å²) in [5, 5.41) is 9.02. The minimum Gasteiger partial charge on any atom is -0.376 e. The van der Waals surface area contributed by atoms with E-state index in [0.717, 1.165) is 12.1 Å². The van der Waals surface area contributed by atoms with E-state index in [1.807, 2.05) is 5.92 Å². The first kappa shape index (κ1) is 8.69. The molecule has 1 N–H and O–H groups in total. The van der Waals surface area contributed by atoms with Gasteiger partial charge in [-0.15, -0.1) is 6.42 Å². The molecule has 0 spiro atoms. The van der Waals surface area contributed by atoms with Crippen molar-refractivity contribution in [2.24, 2.45) is 0 Å². The number of aliphatic hydroxyl groups is 1. The Morgan fingerprint density at radius 2 is 2.00 bits per heavy atom. The molecule has 0 aliphatic carbocycles. The van der Waals surface area contributed by atoms with Crippen LogP contribution in [-0.4, -0.2) is 5.11 Å². The monoisotopic (exact) mass is 168 g/mol. The minimum absolute atomic E-state index is 0.177. The Labute approximate surface area is 68.7 Å². The van der Waals surface area contributed by atoms with Gasteiger partial charge in [-0.05, 0) is 17.7 Å². The van der Waals surface area contributed by atoms with Gasteiger partial charge >= 0.3 is 0 Å². The van der Waals surface area contributed by atoms with Gasteiger partial charge in [0.2, 0.25) is 0 Å². The fourth-order valence-corrected chi connectivity index (χ4v) is 0.779. The summed E-state index contributed by atoms with van der Waals surface area (Å²) in [6.07, 6.45) is 3.70. The van der Waals surface area contributed by atoms with Crippen molar-refractivity contribution in [1.82, 2.24) is 0 Å². The molecule has 1 nitrogen and oxygen atoms in total. The molecule has 1 aromatic carbocycles. The van der Waals surface area contributed by atoms with E-state index in [2.05, 4.69) is 0 Å². The first-order chi connectivity index (χ1) is 5.65. The number of aliphatic hydroxyl groups excluding tert-OH is 1. The van der Waals surface area contributed by atoms with Gasteiger partial charge in [0.15, 0.2) is 11.6 Å². The van der Waals surface area contributed by atoms with Gasteiger partial charge in [-0.2, -0.15) is 0 Å². The first-order valence-electron chi connectivity index (χ1n) is 3.24. The van der Waals surface area contributed by atoms with Crippen LogP contribution in [0.4, 0.5) is 8.78 Å². The predicted octanol–water partition coefficient (Wildman–Crippen LogP) is 1.63. The van der Waals surface area contributed by atoms with E-state index in [0.29, 0.717) is 0 Å². The highest BCUT2D eigenvalue weighted by Gasteiger charge is 2.07. The first-order valence-corrected chi connectivity index (χ1v) is 3.24. The molecule has 62 valence electrons. The van der Waals surface area contributed by atoms with E-state index in [1.165, 1.54) is 6.07 Å². The summed E-state index contributed by atoms with van der Waals surface area (Å²) in [7, 11) is 0. The van der Waals surface area contributed by atoms with Gasteiger partial charge < -0.3 is 5.11 Å². The molecule has 0 bridgehead atoms. The molecule has 0 unspecified atom stereocenters. The van der Waals surface area contributed by atoms with E-state index >= 15 is 0 Å². The smallest absolute Gasteiger partial charge is 0.159 e. The molecule has 0 aliphatic rings. The molecule has 1 atom stereocenters. The third-order valence-corrected chi connectivity index (χ3v) is 1.42. The summed E-state index contributed by atoms with van der Waals surface area (Å²) in [4.78, 5) is 0. The van der Waals surface area contributed by atoms with Gasteiger partial charge in [-0.3, -0.25) is 0 Å². The Balaban J connectivity index is 3.06. The topological polar surface area (TPSA) is 20.2 Å². The highest BCUT2D eigenvalue weighted by molar-refractivity contribution is 5.24. The van der Waals surface area contributed by atoms with Crippen molar-refractivity contribution in [3.05, 3.63) is 35.4 Å². The van der Waals surface area contributed by atoms with Crippen LogP contribution in [0.3, 0.4) is 0 Å². The Bertz CT molecular complexity index is 328. The van der Waals surface area contributed by atoms with Crippen molar-refractivity contribution in [3.63, 3.8) is 0 Å². The van der Waals surface area contributed by atoms with Crippen LogP contribution >= 0.6 is 0 Å². The number of benzene rings is 1. The fourth-order valence-electron chi connectivity index (χ4n) is 0.779. The van der Waals surface area contributed by atoms with Crippen molar-refractivity contribution >= 4 is 0 Å². The fraction of sp³-hybridized carbons (Fsp3) is 0.111. The van der Waals surface area contributed by atoms with Crippen molar-refractivity contribution in [2.45, 2.75) is 6.10 Å². The maximum absolute atomic E-state index is 12.5. The van der Waals surface area contributed by atoms with Crippen LogP contribution in [0.2, 0.25) is 0 Å². The van der Waals surface area contributed by atoms with E-state index < -0.39 is 17.7 Å². The average Bonchev–Trinajstić information content (AvgIpc) is 2.08. The minimum atomic E-state index is -1.18. The summed E-state index contributed by atoms with van der Waals surface area (Å²) in [5.41, 5.74) is 0.177. The molecule has 12 heavy (non-hydrogen) atoms. The Hall–Kier alpha value is -1.40. The van der Waals surface area contributed by atoms with Crippen LogP contribution < -0.4 is 0 Å². The maximum Gasteiger partial charge on any atom is 0.159 e. The van der Waals surface area contributed by atoms with Crippen molar-refractivity contribution in [2.75, 3.05) is 0 Å². The third kappa shape index (κ3) is 1.60. The van der Waals surface area contributed by atoms with Crippen LogP contribution in [0.1, 0.15) is 11.7 Å². The number of hydrogen-bond donors (Lipinski definition) is 1. The molecule has 0 amide bonds. The van der Waals surface area contributed by atoms with Gasteiger partial charge in [-0.25, -0.2) is 8.78 Å². The molecule has 1 rings (SSSR count). The molecular weight excluding hydrogens is 162 g/mol. The van der Waals surface area contributed by atoms with Gasteiger partial charge in [0.1, 0.15) is 6.10 Å². The second-order valence-corrected chi connectivity index (χ2v) is 2.24. The lowest BCUT2D eigenvalue weighted by Gasteiger charge is -2.02. The second-order valence-electron chi connectivity index (χ2n) is 2.24. The Morgan fingerprint density at radius 1 is 1.33 bits per heavy atom. The molecule has 0 aromatic heterocycles. The standard InChI is InChI=1S/C9H6F2O/c1-2-9(12)6-3-4-7(10)8(11)5-6/h1,3-5,9,12H/t9-/m1/s1. The number of terminal acetylenes is 1. The highest BCUT2D eigenvalue weighted by atomic mass is 19.2. The van der Waals surface area contributed by atoms with Gasteiger partial charge in [0.05, 0.1) is 0 Å². The average molecular weight is 168 g/mol. The van der Waals surface area contributed by atoms with Gasteiger partial charge in [0, 0.05) is 0 Å². The number of rotatable bonds is 1. The largest absolute Gasteiger partial charge is 0.376 e. The van der Waals surface area contributed by atoms with E-state index in [9.17, 15) is 8.78 Å². The van der Waals surface area contributed by atoms with Crippen LogP contribution in [0.25, 0.3) is 0 Å². The normalized spacial score (nSPS) is 12.2. The summed E-state index contributed by atoms with van der Waals surface area (Å²) < 4.78 is 24.9. The zero-order valence-electron chi connectivity index (χ0n) is 6.09. The lowest BCUT2D eigenvalue weighted by Crippen LogP contribution is -1.95. The maximum atomic E-state index is 12.5. The Kier molecular flexibility index (Phi) is 2.41. The molecule has 3 heteroatoms. The highest BCUT2D eigenvalue weighted by Crippen LogP contribution is 2.14. The lowest BCUT2D eigenvalue weighted by molar-refractivity contribution is 0.237. The summed E-state index contributed by atoms with van der Waals surface area (Å²) >= 11 is 0. The summed E-state index contributed by atoms with van der Waals surface area (Å²) in [6, 6.07) is 3.04. The van der Waals surface area contributed by atoms with Crippen LogP contribution in [-0.2, 0) is 0 Å². The van der Waals surface area contributed by atoms with Crippen LogP contribution in [0.15, 0.2) is 18.2 Å². The SMILES string of the molecule is C#C[C@@H](O)c1ccc(F)c(F)c1. The Morgan fingerprint density at radius 3 is 2.50 bits per heavy atom. The van der Waals surface area contributed by atoms with E-state index in [-0.39, 0.29) is 5.56 Å². The molecule has 0 radical (unpaired) electrons. The van der Waals surface area contributed by atoms with Gasteiger partial charge in [-0.1, -0.05) is 12.0 Å². The quantitative estimate of drug-likeness (QED) is 0.632. The van der Waals surface area contributed by atoms with Gasteiger partial charge in [0.25, 0.3) is 0 Å². The zero-order chi connectivity index (χ0) is 9.14. The van der Waals surface area contributed by atoms with Crippen molar-refractivity contribution in [3.8, 4) is 12.3 Å². The predicted molar refractivity (Wildman–Crippen MR) is 40.2 cm³/mol. The molecule has 0 aliphatic heterocycles. The van der Waals surface area contributed by atoms with Crippen molar-refractivity contribution in [1.29, 1.82) is 0 Å². The summed E-state index contributed by atoms with van der Waals surface area (Å²) in [6.45, 7) is 0. The number of hydrogen-bond acceptors (Lipinski definition) is 1. The molecule has 0 fully saturated rings. The molecule has 0 heterocycles. The third-order valence-electron chi connectivity index (χ3n) is 1.42. The summed E-state index contributed by atoms with van der Waals surface area (Å²) in [5.74, 6) is 0.0265. The van der Waals surface area contributed by atoms with E-state index in [1.54, 1.807) is 0 Å². The number of halogens is 2. The van der Waals surface area contributed by atoms with Crippen molar-refractivity contribution < 1.29 is 13.9 Å².